The van der Waals surface area contributed by atoms with E-state index < -0.39 is 5.91 Å². The first kappa shape index (κ1) is 15.5. The molecule has 9 heteroatoms. The van der Waals surface area contributed by atoms with Gasteiger partial charge in [0.2, 0.25) is 5.43 Å². The smallest absolute Gasteiger partial charge is 0.285 e. The first-order valence-corrected chi connectivity index (χ1v) is 7.96. The molecular weight excluding hydrogens is 384 g/mol. The highest BCUT2D eigenvalue weighted by molar-refractivity contribution is 9.10. The van der Waals surface area contributed by atoms with Crippen LogP contribution < -0.4 is 10.9 Å². The van der Waals surface area contributed by atoms with Crippen molar-refractivity contribution in [2.75, 3.05) is 0 Å². The fourth-order valence-corrected chi connectivity index (χ4v) is 2.77. The summed E-state index contributed by atoms with van der Waals surface area (Å²) < 4.78 is 9.83. The molecule has 7 nitrogen and oxygen atoms in total. The van der Waals surface area contributed by atoms with Crippen LogP contribution in [0.3, 0.4) is 0 Å². The van der Waals surface area contributed by atoms with Crippen LogP contribution in [0.1, 0.15) is 20.9 Å². The molecule has 1 amide bonds. The Balaban J connectivity index is 1.84. The Morgan fingerprint density at radius 3 is 3.04 bits per heavy atom. The molecule has 2 heterocycles. The van der Waals surface area contributed by atoms with Crippen LogP contribution in [0.2, 0.25) is 0 Å². The second-order valence-electron chi connectivity index (χ2n) is 4.55. The molecule has 0 spiro atoms. The number of fused-ring (bicyclic) bond motifs is 1. The summed E-state index contributed by atoms with van der Waals surface area (Å²) >= 11 is 4.29. The van der Waals surface area contributed by atoms with Crippen molar-refractivity contribution in [1.82, 2.24) is 15.0 Å². The first-order chi connectivity index (χ1) is 11.1. The lowest BCUT2D eigenvalue weighted by molar-refractivity contribution is 0.0958. The van der Waals surface area contributed by atoms with E-state index in [9.17, 15) is 9.59 Å². The summed E-state index contributed by atoms with van der Waals surface area (Å²) in [6.07, 6.45) is 2.54. The lowest BCUT2D eigenvalue weighted by Gasteiger charge is -1.99. The van der Waals surface area contributed by atoms with E-state index in [0.717, 1.165) is 16.0 Å². The molecule has 0 aliphatic carbocycles. The number of benzene rings is 1. The monoisotopic (exact) mass is 392 g/mol. The van der Waals surface area contributed by atoms with Crippen molar-refractivity contribution >= 4 is 50.6 Å². The van der Waals surface area contributed by atoms with Crippen molar-refractivity contribution in [3.05, 3.63) is 55.3 Å². The zero-order valence-electron chi connectivity index (χ0n) is 11.7. The van der Waals surface area contributed by atoms with Gasteiger partial charge in [-0.25, -0.2) is 5.43 Å². The van der Waals surface area contributed by atoms with E-state index >= 15 is 0 Å². The van der Waals surface area contributed by atoms with E-state index in [4.69, 9.17) is 4.42 Å². The Bertz CT molecular complexity index is 980. The van der Waals surface area contributed by atoms with Gasteiger partial charge in [-0.05, 0) is 36.7 Å². The van der Waals surface area contributed by atoms with Crippen LogP contribution in [0, 0.1) is 6.92 Å². The topological polar surface area (TPSA) is 97.5 Å². The maximum atomic E-state index is 12.3. The highest BCUT2D eigenvalue weighted by Gasteiger charge is 2.12. The molecule has 2 aromatic heterocycles. The van der Waals surface area contributed by atoms with Crippen molar-refractivity contribution in [3.63, 3.8) is 0 Å². The minimum absolute atomic E-state index is 0.232. The first-order valence-electron chi connectivity index (χ1n) is 6.39. The number of aromatic nitrogens is 2. The van der Waals surface area contributed by atoms with Gasteiger partial charge in [-0.15, -0.1) is 5.10 Å². The third-order valence-corrected chi connectivity index (χ3v) is 4.31. The summed E-state index contributed by atoms with van der Waals surface area (Å²) in [5.74, 6) is -0.429. The minimum atomic E-state index is -0.429. The second kappa shape index (κ2) is 6.39. The Labute approximate surface area is 142 Å². The van der Waals surface area contributed by atoms with Gasteiger partial charge in [0.1, 0.15) is 16.7 Å². The van der Waals surface area contributed by atoms with Crippen LogP contribution in [-0.4, -0.2) is 21.7 Å². The molecule has 116 valence electrons. The van der Waals surface area contributed by atoms with E-state index in [1.807, 2.05) is 0 Å². The number of carbonyl (C=O) groups is 1. The fourth-order valence-electron chi connectivity index (χ4n) is 1.86. The van der Waals surface area contributed by atoms with E-state index in [-0.39, 0.29) is 11.0 Å². The summed E-state index contributed by atoms with van der Waals surface area (Å²) in [4.78, 5) is 24.6. The zero-order chi connectivity index (χ0) is 16.4. The average Bonchev–Trinajstić information content (AvgIpc) is 2.96. The molecule has 0 saturated heterocycles. The summed E-state index contributed by atoms with van der Waals surface area (Å²) in [5.41, 5.74) is 3.33. The highest BCUT2D eigenvalue weighted by atomic mass is 79.9. The number of rotatable bonds is 3. The zero-order valence-corrected chi connectivity index (χ0v) is 14.1. The van der Waals surface area contributed by atoms with Crippen LogP contribution in [0.4, 0.5) is 0 Å². The third-order valence-electron chi connectivity index (χ3n) is 2.99. The number of amides is 1. The van der Waals surface area contributed by atoms with Crippen molar-refractivity contribution in [1.29, 1.82) is 0 Å². The molecule has 0 atom stereocenters. The predicted molar refractivity (Wildman–Crippen MR) is 89.9 cm³/mol. The Morgan fingerprint density at radius 1 is 1.48 bits per heavy atom. The molecule has 3 rings (SSSR count). The van der Waals surface area contributed by atoms with Crippen LogP contribution in [-0.2, 0) is 0 Å². The summed E-state index contributed by atoms with van der Waals surface area (Å²) in [6, 6.07) is 5.15. The van der Waals surface area contributed by atoms with Gasteiger partial charge in [0.05, 0.1) is 22.9 Å². The average molecular weight is 393 g/mol. The Morgan fingerprint density at radius 2 is 2.30 bits per heavy atom. The predicted octanol–water partition coefficient (Wildman–Crippen LogP) is 2.48. The van der Waals surface area contributed by atoms with E-state index in [1.54, 1.807) is 25.1 Å². The van der Waals surface area contributed by atoms with Gasteiger partial charge in [-0.2, -0.15) is 5.10 Å². The highest BCUT2D eigenvalue weighted by Crippen LogP contribution is 2.17. The summed E-state index contributed by atoms with van der Waals surface area (Å²) in [6.45, 7) is 1.68. The molecule has 0 fully saturated rings. The third kappa shape index (κ3) is 3.20. The number of hydrogen-bond acceptors (Lipinski definition) is 7. The van der Waals surface area contributed by atoms with Gasteiger partial charge in [-0.3, -0.25) is 9.59 Å². The van der Waals surface area contributed by atoms with E-state index in [0.29, 0.717) is 21.5 Å². The van der Waals surface area contributed by atoms with Crippen molar-refractivity contribution in [2.24, 2.45) is 5.10 Å². The molecule has 0 bridgehead atoms. The number of carbonyl (C=O) groups excluding carboxylic acids is 1. The van der Waals surface area contributed by atoms with Gasteiger partial charge in [0.15, 0.2) is 0 Å². The number of hydrazone groups is 1. The minimum Gasteiger partial charge on any atom is -0.463 e. The number of nitrogens with one attached hydrogen (secondary N) is 1. The fraction of sp³-hybridized carbons (Fsp3) is 0.0714. The molecule has 0 radical (unpaired) electrons. The lowest BCUT2D eigenvalue weighted by atomic mass is 10.2. The summed E-state index contributed by atoms with van der Waals surface area (Å²) in [5, 5.41) is 7.96. The standard InChI is InChI=1S/C14H9BrN4O3S/c1-7-13(23-19-17-7)14(21)18-16-5-8-6-22-11-3-2-9(15)4-10(11)12(8)20/h2-6H,1H3,(H,18,21)/b16-5-. The molecule has 0 unspecified atom stereocenters. The quantitative estimate of drug-likeness (QED) is 0.545. The van der Waals surface area contributed by atoms with Gasteiger partial charge >= 0.3 is 0 Å². The SMILES string of the molecule is Cc1nnsc1C(=O)N/N=C\c1coc2ccc(Br)cc2c1=O. The van der Waals surface area contributed by atoms with Crippen LogP contribution in [0.25, 0.3) is 11.0 Å². The van der Waals surface area contributed by atoms with Crippen LogP contribution in [0.5, 0.6) is 0 Å². The number of hydrogen-bond donors (Lipinski definition) is 1. The van der Waals surface area contributed by atoms with E-state index in [2.05, 4.69) is 36.0 Å². The number of nitrogens with zero attached hydrogens (tertiary/aromatic N) is 3. The van der Waals surface area contributed by atoms with Crippen molar-refractivity contribution in [2.45, 2.75) is 6.92 Å². The molecular formula is C14H9BrN4O3S. The number of aryl methyl sites for hydroxylation is 1. The molecule has 23 heavy (non-hydrogen) atoms. The molecule has 0 aliphatic rings. The Hall–Kier alpha value is -2.39. The molecule has 1 aromatic carbocycles. The van der Waals surface area contributed by atoms with E-state index in [1.165, 1.54) is 12.5 Å². The lowest BCUT2D eigenvalue weighted by Crippen LogP contribution is -2.18. The van der Waals surface area contributed by atoms with Gasteiger partial charge in [0, 0.05) is 4.47 Å². The molecule has 1 N–H and O–H groups in total. The van der Waals surface area contributed by atoms with Crippen LogP contribution in [0.15, 0.2) is 43.2 Å². The van der Waals surface area contributed by atoms with Crippen molar-refractivity contribution < 1.29 is 9.21 Å². The molecule has 3 aromatic rings. The molecule has 0 aliphatic heterocycles. The molecule has 0 saturated carbocycles. The maximum absolute atomic E-state index is 12.3. The van der Waals surface area contributed by atoms with Gasteiger partial charge in [-0.1, -0.05) is 20.4 Å². The maximum Gasteiger partial charge on any atom is 0.285 e. The van der Waals surface area contributed by atoms with Crippen LogP contribution >= 0.6 is 27.5 Å². The van der Waals surface area contributed by atoms with Gasteiger partial charge < -0.3 is 4.42 Å². The van der Waals surface area contributed by atoms with Gasteiger partial charge in [0.25, 0.3) is 5.91 Å². The largest absolute Gasteiger partial charge is 0.463 e. The second-order valence-corrected chi connectivity index (χ2v) is 6.22. The normalized spacial score (nSPS) is 11.2. The number of halogens is 1. The van der Waals surface area contributed by atoms with Crippen molar-refractivity contribution in [3.8, 4) is 0 Å². The summed E-state index contributed by atoms with van der Waals surface area (Å²) in [7, 11) is 0. The Kier molecular flexibility index (Phi) is 4.30.